The van der Waals surface area contributed by atoms with Gasteiger partial charge in [0.2, 0.25) is 5.91 Å². The Morgan fingerprint density at radius 1 is 1.30 bits per heavy atom. The number of nitrogens with one attached hydrogen (secondary N) is 3. The quantitative estimate of drug-likeness (QED) is 0.653. The van der Waals surface area contributed by atoms with E-state index in [2.05, 4.69) is 16.0 Å². The van der Waals surface area contributed by atoms with E-state index in [0.29, 0.717) is 29.4 Å². The molecule has 0 heterocycles. The summed E-state index contributed by atoms with van der Waals surface area (Å²) in [5, 5.41) is 8.50. The van der Waals surface area contributed by atoms with E-state index in [1.165, 1.54) is 0 Å². The van der Waals surface area contributed by atoms with Gasteiger partial charge in [0.05, 0.1) is 18.7 Å². The standard InChI is InChI=1S/C13H18ClN3O3/c1-15-11-4-3-9(14)7-10(11)13(19)17-8-12(18)16-5-6-20-2/h3-4,7,15H,5-6,8H2,1-2H3,(H,16,18)(H,17,19). The SMILES string of the molecule is CNc1ccc(Cl)cc1C(=O)NCC(=O)NCCOC. The molecule has 0 unspecified atom stereocenters. The summed E-state index contributed by atoms with van der Waals surface area (Å²) in [5.74, 6) is -0.637. The van der Waals surface area contributed by atoms with Gasteiger partial charge in [-0.2, -0.15) is 0 Å². The van der Waals surface area contributed by atoms with Gasteiger partial charge in [0.1, 0.15) is 0 Å². The van der Waals surface area contributed by atoms with Crippen LogP contribution in [-0.4, -0.2) is 45.7 Å². The number of methoxy groups -OCH3 is 1. The Morgan fingerprint density at radius 3 is 2.70 bits per heavy atom. The number of benzene rings is 1. The average molecular weight is 300 g/mol. The molecular weight excluding hydrogens is 282 g/mol. The highest BCUT2D eigenvalue weighted by atomic mass is 35.5. The maximum atomic E-state index is 12.0. The van der Waals surface area contributed by atoms with Crippen molar-refractivity contribution in [1.82, 2.24) is 10.6 Å². The summed E-state index contributed by atoms with van der Waals surface area (Å²) in [6.07, 6.45) is 0. The van der Waals surface area contributed by atoms with Crippen molar-refractivity contribution < 1.29 is 14.3 Å². The average Bonchev–Trinajstić information content (AvgIpc) is 2.45. The normalized spacial score (nSPS) is 9.95. The molecule has 1 rings (SSSR count). The maximum absolute atomic E-state index is 12.0. The third-order valence-electron chi connectivity index (χ3n) is 2.53. The van der Waals surface area contributed by atoms with E-state index in [1.54, 1.807) is 32.4 Å². The molecule has 0 spiro atoms. The van der Waals surface area contributed by atoms with Crippen molar-refractivity contribution in [3.8, 4) is 0 Å². The van der Waals surface area contributed by atoms with Crippen LogP contribution in [0.1, 0.15) is 10.4 Å². The van der Waals surface area contributed by atoms with Crippen molar-refractivity contribution in [2.24, 2.45) is 0 Å². The molecule has 0 saturated heterocycles. The molecule has 3 N–H and O–H groups in total. The lowest BCUT2D eigenvalue weighted by Gasteiger charge is -2.10. The Bertz CT molecular complexity index is 480. The first-order valence-corrected chi connectivity index (χ1v) is 6.47. The van der Waals surface area contributed by atoms with Crippen LogP contribution in [0.5, 0.6) is 0 Å². The fourth-order valence-corrected chi connectivity index (χ4v) is 1.71. The van der Waals surface area contributed by atoms with Gasteiger partial charge >= 0.3 is 0 Å². The minimum atomic E-state index is -0.362. The van der Waals surface area contributed by atoms with E-state index in [0.717, 1.165) is 0 Å². The van der Waals surface area contributed by atoms with Crippen molar-refractivity contribution in [2.75, 3.05) is 39.2 Å². The van der Waals surface area contributed by atoms with Crippen LogP contribution in [-0.2, 0) is 9.53 Å². The number of hydrogen-bond acceptors (Lipinski definition) is 4. The molecule has 0 aromatic heterocycles. The Hall–Kier alpha value is -1.79. The van der Waals surface area contributed by atoms with Crippen LogP contribution in [0.25, 0.3) is 0 Å². The molecule has 2 amide bonds. The molecule has 20 heavy (non-hydrogen) atoms. The van der Waals surface area contributed by atoms with Crippen molar-refractivity contribution in [3.05, 3.63) is 28.8 Å². The van der Waals surface area contributed by atoms with Gasteiger partial charge in [-0.25, -0.2) is 0 Å². The molecule has 6 nitrogen and oxygen atoms in total. The zero-order valence-electron chi connectivity index (χ0n) is 11.5. The summed E-state index contributed by atoms with van der Waals surface area (Å²) < 4.78 is 4.81. The fourth-order valence-electron chi connectivity index (χ4n) is 1.53. The number of amides is 2. The van der Waals surface area contributed by atoms with Crippen LogP contribution in [0.2, 0.25) is 5.02 Å². The van der Waals surface area contributed by atoms with E-state index in [-0.39, 0.29) is 18.4 Å². The lowest BCUT2D eigenvalue weighted by molar-refractivity contribution is -0.120. The molecule has 7 heteroatoms. The van der Waals surface area contributed by atoms with Gasteiger partial charge in [-0.1, -0.05) is 11.6 Å². The van der Waals surface area contributed by atoms with Gasteiger partial charge in [0, 0.05) is 31.4 Å². The minimum Gasteiger partial charge on any atom is -0.387 e. The van der Waals surface area contributed by atoms with Crippen molar-refractivity contribution in [2.45, 2.75) is 0 Å². The second-order valence-electron chi connectivity index (χ2n) is 3.97. The number of hydrogen-bond donors (Lipinski definition) is 3. The number of rotatable bonds is 7. The molecule has 0 aliphatic rings. The molecular formula is C13H18ClN3O3. The van der Waals surface area contributed by atoms with Crippen LogP contribution in [0.15, 0.2) is 18.2 Å². The highest BCUT2D eigenvalue weighted by Gasteiger charge is 2.12. The highest BCUT2D eigenvalue weighted by Crippen LogP contribution is 2.19. The van der Waals surface area contributed by atoms with Crippen molar-refractivity contribution >= 4 is 29.1 Å². The Balaban J connectivity index is 2.54. The van der Waals surface area contributed by atoms with Crippen molar-refractivity contribution in [3.63, 3.8) is 0 Å². The first kappa shape index (κ1) is 16.3. The number of anilines is 1. The van der Waals surface area contributed by atoms with E-state index < -0.39 is 0 Å². The van der Waals surface area contributed by atoms with E-state index in [1.807, 2.05) is 0 Å². The third kappa shape index (κ3) is 5.07. The second-order valence-corrected chi connectivity index (χ2v) is 4.40. The molecule has 0 radical (unpaired) electrons. The van der Waals surface area contributed by atoms with E-state index in [4.69, 9.17) is 16.3 Å². The van der Waals surface area contributed by atoms with Gasteiger partial charge in [-0.05, 0) is 18.2 Å². The molecule has 1 aromatic rings. The lowest BCUT2D eigenvalue weighted by Crippen LogP contribution is -2.38. The number of ether oxygens (including phenoxy) is 1. The van der Waals surface area contributed by atoms with Gasteiger partial charge in [-0.3, -0.25) is 9.59 Å². The summed E-state index contributed by atoms with van der Waals surface area (Å²) in [4.78, 5) is 23.4. The summed E-state index contributed by atoms with van der Waals surface area (Å²) >= 11 is 5.86. The first-order valence-electron chi connectivity index (χ1n) is 6.09. The largest absolute Gasteiger partial charge is 0.387 e. The monoisotopic (exact) mass is 299 g/mol. The second kappa shape index (κ2) is 8.39. The first-order chi connectivity index (χ1) is 9.58. The molecule has 0 aliphatic carbocycles. The summed E-state index contributed by atoms with van der Waals surface area (Å²) in [7, 11) is 3.25. The Labute approximate surface area is 122 Å². The molecule has 0 atom stereocenters. The van der Waals surface area contributed by atoms with Crippen LogP contribution >= 0.6 is 11.6 Å². The molecule has 1 aromatic carbocycles. The van der Waals surface area contributed by atoms with Crippen LogP contribution in [0.3, 0.4) is 0 Å². The van der Waals surface area contributed by atoms with Gasteiger partial charge in [0.25, 0.3) is 5.91 Å². The number of halogens is 1. The van der Waals surface area contributed by atoms with Gasteiger partial charge < -0.3 is 20.7 Å². The molecule has 0 aliphatic heterocycles. The predicted molar refractivity (Wildman–Crippen MR) is 78.2 cm³/mol. The predicted octanol–water partition coefficient (Wildman–Crippen LogP) is 0.874. The lowest BCUT2D eigenvalue weighted by atomic mass is 10.1. The van der Waals surface area contributed by atoms with E-state index >= 15 is 0 Å². The summed E-state index contributed by atoms with van der Waals surface area (Å²) in [5.41, 5.74) is 1.04. The third-order valence-corrected chi connectivity index (χ3v) is 2.77. The minimum absolute atomic E-state index is 0.0990. The Kier molecular flexibility index (Phi) is 6.83. The zero-order valence-corrected chi connectivity index (χ0v) is 12.2. The van der Waals surface area contributed by atoms with Gasteiger partial charge in [0.15, 0.2) is 0 Å². The van der Waals surface area contributed by atoms with E-state index in [9.17, 15) is 9.59 Å². The Morgan fingerprint density at radius 2 is 2.05 bits per heavy atom. The summed E-state index contributed by atoms with van der Waals surface area (Å²) in [6.45, 7) is 0.736. The van der Waals surface area contributed by atoms with Gasteiger partial charge in [-0.15, -0.1) is 0 Å². The smallest absolute Gasteiger partial charge is 0.253 e. The molecule has 110 valence electrons. The number of carbonyl (C=O) groups excluding carboxylic acids is 2. The zero-order chi connectivity index (χ0) is 15.0. The molecule has 0 bridgehead atoms. The fraction of sp³-hybridized carbons (Fsp3) is 0.385. The van der Waals surface area contributed by atoms with Crippen LogP contribution in [0.4, 0.5) is 5.69 Å². The molecule has 0 saturated carbocycles. The van der Waals surface area contributed by atoms with Crippen molar-refractivity contribution in [1.29, 1.82) is 0 Å². The highest BCUT2D eigenvalue weighted by molar-refractivity contribution is 6.31. The maximum Gasteiger partial charge on any atom is 0.253 e. The summed E-state index contributed by atoms with van der Waals surface area (Å²) in [6, 6.07) is 4.93. The van der Waals surface area contributed by atoms with Crippen LogP contribution in [0, 0.1) is 0 Å². The van der Waals surface area contributed by atoms with Crippen LogP contribution < -0.4 is 16.0 Å². The topological polar surface area (TPSA) is 79.5 Å². The molecule has 0 fully saturated rings. The number of carbonyl (C=O) groups is 2.